The molecule has 1 aromatic heterocycles. The van der Waals surface area contributed by atoms with E-state index in [2.05, 4.69) is 20.8 Å². The van der Waals surface area contributed by atoms with Gasteiger partial charge in [-0.15, -0.1) is 0 Å². The van der Waals surface area contributed by atoms with Gasteiger partial charge in [-0.1, -0.05) is 17.1 Å². The molecule has 0 aliphatic heterocycles. The van der Waals surface area contributed by atoms with Gasteiger partial charge in [0.1, 0.15) is 0 Å². The van der Waals surface area contributed by atoms with E-state index in [1.807, 2.05) is 13.8 Å². The van der Waals surface area contributed by atoms with Crippen molar-refractivity contribution < 1.29 is 9.21 Å². The van der Waals surface area contributed by atoms with Crippen molar-refractivity contribution in [3.8, 4) is 0 Å². The molecule has 0 fully saturated rings. The molecule has 1 aromatic rings. The van der Waals surface area contributed by atoms with E-state index in [0.29, 0.717) is 13.0 Å². The Bertz CT molecular complexity index is 338. The van der Waals surface area contributed by atoms with Gasteiger partial charge in [-0.3, -0.25) is 4.79 Å². The lowest BCUT2D eigenvalue weighted by atomic mass is 10.2. The smallest absolute Gasteiger partial charge is 0.316 e. The summed E-state index contributed by atoms with van der Waals surface area (Å²) in [5.74, 6) is -0.00524. The largest absolute Gasteiger partial charge is 0.390 e. The summed E-state index contributed by atoms with van der Waals surface area (Å²) in [7, 11) is 0. The second kappa shape index (κ2) is 5.94. The van der Waals surface area contributed by atoms with E-state index in [1.165, 1.54) is 0 Å². The molecule has 0 aliphatic rings. The number of amides is 1. The van der Waals surface area contributed by atoms with Crippen molar-refractivity contribution >= 4 is 17.9 Å². The van der Waals surface area contributed by atoms with Gasteiger partial charge in [0.25, 0.3) is 0 Å². The van der Waals surface area contributed by atoms with E-state index in [0.717, 1.165) is 6.42 Å². The zero-order valence-corrected chi connectivity index (χ0v) is 9.49. The predicted molar refractivity (Wildman–Crippen MR) is 59.7 cm³/mol. The molecule has 1 unspecified atom stereocenters. The number of nitrogens with zero attached hydrogens (tertiary/aromatic N) is 2. The molecule has 0 bridgehead atoms. The third kappa shape index (κ3) is 4.16. The Hall–Kier alpha value is -1.79. The molecule has 90 valence electrons. The molecule has 0 aliphatic carbocycles. The molecule has 0 radical (unpaired) electrons. The van der Waals surface area contributed by atoms with Crippen LogP contribution in [0.25, 0.3) is 0 Å². The second-order valence-corrected chi connectivity index (χ2v) is 3.50. The van der Waals surface area contributed by atoms with Crippen molar-refractivity contribution in [3.05, 3.63) is 0 Å². The van der Waals surface area contributed by atoms with Crippen LogP contribution >= 0.6 is 0 Å². The van der Waals surface area contributed by atoms with Crippen LogP contribution in [-0.4, -0.2) is 28.7 Å². The van der Waals surface area contributed by atoms with Crippen LogP contribution in [0.3, 0.4) is 0 Å². The number of hydrogen-bond donors (Lipinski definition) is 3. The molecular formula is C9H17N5O2. The number of carbonyl (C=O) groups is 1. The van der Waals surface area contributed by atoms with E-state index in [1.54, 1.807) is 0 Å². The lowest BCUT2D eigenvalue weighted by Gasteiger charge is -2.10. The Labute approximate surface area is 93.8 Å². The third-order valence-corrected chi connectivity index (χ3v) is 2.09. The molecule has 0 spiro atoms. The number of carbonyl (C=O) groups excluding carboxylic acids is 1. The average Bonchev–Trinajstić information content (AvgIpc) is 2.64. The van der Waals surface area contributed by atoms with Gasteiger partial charge < -0.3 is 20.8 Å². The number of nitrogens with two attached hydrogens (primary N) is 1. The summed E-state index contributed by atoms with van der Waals surface area (Å²) >= 11 is 0. The first kappa shape index (κ1) is 12.3. The molecule has 1 atom stereocenters. The first-order valence-electron chi connectivity index (χ1n) is 5.24. The monoisotopic (exact) mass is 227 g/mol. The second-order valence-electron chi connectivity index (χ2n) is 3.50. The molecular weight excluding hydrogens is 210 g/mol. The number of aromatic nitrogens is 2. The summed E-state index contributed by atoms with van der Waals surface area (Å²) in [4.78, 5) is 11.4. The molecule has 0 aromatic carbocycles. The molecule has 4 N–H and O–H groups in total. The highest BCUT2D eigenvalue weighted by Crippen LogP contribution is 2.05. The van der Waals surface area contributed by atoms with Crippen molar-refractivity contribution in [1.29, 1.82) is 0 Å². The van der Waals surface area contributed by atoms with Gasteiger partial charge in [-0.05, 0) is 13.3 Å². The zero-order chi connectivity index (χ0) is 12.0. The highest BCUT2D eigenvalue weighted by molar-refractivity contribution is 5.76. The number of anilines is 2. The highest BCUT2D eigenvalue weighted by Gasteiger charge is 2.06. The van der Waals surface area contributed by atoms with Gasteiger partial charge in [0.15, 0.2) is 0 Å². The number of nitrogens with one attached hydrogen (secondary N) is 2. The standard InChI is InChI=1S/C9H17N5O2/c1-3-6(2)12-7(15)4-5-11-9-14-13-8(10)16-9/h6H,3-5H2,1-2H3,(H2,10,13)(H,11,14)(H,12,15). The lowest BCUT2D eigenvalue weighted by molar-refractivity contribution is -0.121. The van der Waals surface area contributed by atoms with Gasteiger partial charge in [0.2, 0.25) is 5.91 Å². The Kier molecular flexibility index (Phi) is 4.56. The first-order valence-corrected chi connectivity index (χ1v) is 5.24. The highest BCUT2D eigenvalue weighted by atomic mass is 16.4. The molecule has 0 saturated carbocycles. The maximum absolute atomic E-state index is 11.4. The fraction of sp³-hybridized carbons (Fsp3) is 0.667. The predicted octanol–water partition coefficient (Wildman–Crippen LogP) is 0.368. The Balaban J connectivity index is 2.18. The van der Waals surface area contributed by atoms with Crippen molar-refractivity contribution in [1.82, 2.24) is 15.5 Å². The molecule has 7 nitrogen and oxygen atoms in total. The van der Waals surface area contributed by atoms with Crippen LogP contribution < -0.4 is 16.4 Å². The lowest BCUT2D eigenvalue weighted by Crippen LogP contribution is -2.32. The molecule has 1 heterocycles. The van der Waals surface area contributed by atoms with Gasteiger partial charge in [-0.25, -0.2) is 0 Å². The van der Waals surface area contributed by atoms with Gasteiger partial charge in [-0.2, -0.15) is 0 Å². The average molecular weight is 227 g/mol. The van der Waals surface area contributed by atoms with Crippen LogP contribution in [0.5, 0.6) is 0 Å². The molecule has 0 saturated heterocycles. The van der Waals surface area contributed by atoms with E-state index in [9.17, 15) is 4.79 Å². The Morgan fingerprint density at radius 1 is 1.56 bits per heavy atom. The summed E-state index contributed by atoms with van der Waals surface area (Å²) in [6.07, 6.45) is 1.27. The van der Waals surface area contributed by atoms with E-state index < -0.39 is 0 Å². The SMILES string of the molecule is CCC(C)NC(=O)CCNc1nnc(N)o1. The number of hydrogen-bond acceptors (Lipinski definition) is 6. The van der Waals surface area contributed by atoms with Crippen LogP contribution in [0.4, 0.5) is 12.0 Å². The van der Waals surface area contributed by atoms with Crippen molar-refractivity contribution in [3.63, 3.8) is 0 Å². The Morgan fingerprint density at radius 3 is 2.88 bits per heavy atom. The van der Waals surface area contributed by atoms with E-state index in [-0.39, 0.29) is 24.0 Å². The summed E-state index contributed by atoms with van der Waals surface area (Å²) in [6.45, 7) is 4.42. The molecule has 1 amide bonds. The third-order valence-electron chi connectivity index (χ3n) is 2.09. The maximum atomic E-state index is 11.4. The number of nitrogen functional groups attached to an aromatic ring is 1. The quantitative estimate of drug-likeness (QED) is 0.648. The van der Waals surface area contributed by atoms with Crippen LogP contribution in [0.2, 0.25) is 0 Å². The number of rotatable bonds is 6. The van der Waals surface area contributed by atoms with Crippen LogP contribution in [0, 0.1) is 0 Å². The van der Waals surface area contributed by atoms with E-state index >= 15 is 0 Å². The van der Waals surface area contributed by atoms with Gasteiger partial charge in [0, 0.05) is 19.0 Å². The minimum atomic E-state index is -0.00524. The minimum Gasteiger partial charge on any atom is -0.390 e. The van der Waals surface area contributed by atoms with Crippen LogP contribution in [-0.2, 0) is 4.79 Å². The summed E-state index contributed by atoms with van der Waals surface area (Å²) < 4.78 is 4.88. The normalized spacial score (nSPS) is 12.1. The molecule has 1 rings (SSSR count). The molecule has 7 heteroatoms. The zero-order valence-electron chi connectivity index (χ0n) is 9.49. The first-order chi connectivity index (χ1) is 7.61. The van der Waals surface area contributed by atoms with Crippen molar-refractivity contribution in [2.24, 2.45) is 0 Å². The molecule has 16 heavy (non-hydrogen) atoms. The summed E-state index contributed by atoms with van der Waals surface area (Å²) in [5.41, 5.74) is 5.23. The fourth-order valence-corrected chi connectivity index (χ4v) is 1.04. The summed E-state index contributed by atoms with van der Waals surface area (Å²) in [5, 5.41) is 12.7. The van der Waals surface area contributed by atoms with Crippen LogP contribution in [0.1, 0.15) is 26.7 Å². The van der Waals surface area contributed by atoms with E-state index in [4.69, 9.17) is 10.2 Å². The summed E-state index contributed by atoms with van der Waals surface area (Å²) in [6, 6.07) is 0.437. The van der Waals surface area contributed by atoms with Crippen molar-refractivity contribution in [2.75, 3.05) is 17.6 Å². The van der Waals surface area contributed by atoms with Gasteiger partial charge >= 0.3 is 12.0 Å². The minimum absolute atomic E-state index is 0.00524. The van der Waals surface area contributed by atoms with Crippen molar-refractivity contribution in [2.45, 2.75) is 32.7 Å². The Morgan fingerprint density at radius 2 is 2.31 bits per heavy atom. The topological polar surface area (TPSA) is 106 Å². The van der Waals surface area contributed by atoms with Crippen LogP contribution in [0.15, 0.2) is 4.42 Å². The fourth-order valence-electron chi connectivity index (χ4n) is 1.04. The maximum Gasteiger partial charge on any atom is 0.316 e. The van der Waals surface area contributed by atoms with Gasteiger partial charge in [0.05, 0.1) is 0 Å².